The van der Waals surface area contributed by atoms with Crippen molar-refractivity contribution >= 4 is 27.4 Å². The number of aromatic nitrogens is 1. The van der Waals surface area contributed by atoms with E-state index in [9.17, 15) is 13.2 Å². The Labute approximate surface area is 244 Å². The van der Waals surface area contributed by atoms with Crippen molar-refractivity contribution in [1.29, 1.82) is 0 Å². The molecule has 4 aliphatic rings. The van der Waals surface area contributed by atoms with E-state index in [1.165, 1.54) is 38.3 Å². The molecular weight excluding hydrogens is 560 g/mol. The van der Waals surface area contributed by atoms with Crippen molar-refractivity contribution < 1.29 is 31.9 Å². The Morgan fingerprint density at radius 3 is 2.40 bits per heavy atom. The molecule has 1 atom stereocenters. The molecular formula is C30H34N4O7S. The number of fused-ring (bicyclic) bond motifs is 4. The smallest absolute Gasteiger partial charge is 0.270 e. The largest absolute Gasteiger partial charge is 0.495 e. The number of rotatable bonds is 8. The number of benzene rings is 2. The molecule has 3 heterocycles. The fourth-order valence-corrected chi connectivity index (χ4v) is 7.81. The summed E-state index contributed by atoms with van der Waals surface area (Å²) in [6, 6.07) is 9.39. The maximum Gasteiger partial charge on any atom is 0.270 e. The van der Waals surface area contributed by atoms with Crippen LogP contribution in [0.4, 0.5) is 11.5 Å². The summed E-state index contributed by atoms with van der Waals surface area (Å²) in [7, 11) is 0.0824. The molecule has 2 aromatic carbocycles. The zero-order valence-corrected chi connectivity index (χ0v) is 24.8. The number of amides is 1. The Morgan fingerprint density at radius 2 is 1.81 bits per heavy atom. The van der Waals surface area contributed by atoms with Gasteiger partial charge in [0.2, 0.25) is 0 Å². The summed E-state index contributed by atoms with van der Waals surface area (Å²) in [6.07, 6.45) is 4.58. The van der Waals surface area contributed by atoms with Crippen LogP contribution in [0.3, 0.4) is 0 Å². The molecule has 222 valence electrons. The minimum Gasteiger partial charge on any atom is -0.495 e. The minimum absolute atomic E-state index is 0.00625. The number of carbonyl (C=O) groups is 1. The molecule has 7 rings (SSSR count). The Kier molecular flexibility index (Phi) is 6.39. The molecule has 1 spiro atoms. The van der Waals surface area contributed by atoms with Gasteiger partial charge >= 0.3 is 0 Å². The molecule has 1 N–H and O–H groups in total. The Balaban J connectivity index is 1.22. The predicted molar refractivity (Wildman–Crippen MR) is 155 cm³/mol. The van der Waals surface area contributed by atoms with Crippen LogP contribution >= 0.6 is 0 Å². The molecule has 12 heteroatoms. The van der Waals surface area contributed by atoms with Crippen molar-refractivity contribution in [3.8, 4) is 22.8 Å². The van der Waals surface area contributed by atoms with Gasteiger partial charge in [-0.25, -0.2) is 8.42 Å². The lowest BCUT2D eigenvalue weighted by molar-refractivity contribution is 0.0723. The van der Waals surface area contributed by atoms with Crippen LogP contribution in [0.25, 0.3) is 11.3 Å². The predicted octanol–water partition coefficient (Wildman–Crippen LogP) is 3.82. The highest BCUT2D eigenvalue weighted by molar-refractivity contribution is 7.93. The average molecular weight is 595 g/mol. The van der Waals surface area contributed by atoms with Crippen LogP contribution in [0, 0.1) is 0 Å². The quantitative estimate of drug-likeness (QED) is 0.415. The second-order valence-corrected chi connectivity index (χ2v) is 13.2. The summed E-state index contributed by atoms with van der Waals surface area (Å²) in [4.78, 5) is 17.0. The van der Waals surface area contributed by atoms with Crippen LogP contribution in [0.15, 0.2) is 39.8 Å². The number of methoxy groups -OCH3 is 3. The van der Waals surface area contributed by atoms with Crippen LogP contribution < -0.4 is 19.1 Å². The number of hydrogen-bond acceptors (Lipinski definition) is 9. The van der Waals surface area contributed by atoms with Crippen molar-refractivity contribution in [2.24, 2.45) is 0 Å². The third kappa shape index (κ3) is 4.30. The number of nitrogens with one attached hydrogen (secondary N) is 1. The van der Waals surface area contributed by atoms with Gasteiger partial charge in [0.1, 0.15) is 11.5 Å². The highest BCUT2D eigenvalue weighted by Crippen LogP contribution is 2.59. The van der Waals surface area contributed by atoms with Crippen LogP contribution in [-0.4, -0.2) is 78.0 Å². The first-order valence-electron chi connectivity index (χ1n) is 14.3. The normalized spacial score (nSPS) is 20.1. The molecule has 3 fully saturated rings. The minimum atomic E-state index is -4.26. The van der Waals surface area contributed by atoms with Crippen LogP contribution in [0.5, 0.6) is 11.5 Å². The van der Waals surface area contributed by atoms with Gasteiger partial charge in [-0.1, -0.05) is 11.2 Å². The number of ether oxygens (including phenoxy) is 3. The van der Waals surface area contributed by atoms with Crippen molar-refractivity contribution in [1.82, 2.24) is 10.1 Å². The van der Waals surface area contributed by atoms with Gasteiger partial charge in [-0.3, -0.25) is 9.52 Å². The van der Waals surface area contributed by atoms with Crippen molar-refractivity contribution in [3.63, 3.8) is 0 Å². The lowest BCUT2D eigenvalue weighted by Crippen LogP contribution is -2.37. The monoisotopic (exact) mass is 594 g/mol. The topological polar surface area (TPSA) is 123 Å². The van der Waals surface area contributed by atoms with Gasteiger partial charge in [0.25, 0.3) is 15.9 Å². The number of anilines is 2. The van der Waals surface area contributed by atoms with E-state index in [4.69, 9.17) is 18.7 Å². The summed E-state index contributed by atoms with van der Waals surface area (Å²) in [6.45, 7) is 3.06. The molecule has 0 bridgehead atoms. The maximum atomic E-state index is 13.9. The molecule has 0 unspecified atom stereocenters. The summed E-state index contributed by atoms with van der Waals surface area (Å²) in [5.41, 5.74) is 4.34. The van der Waals surface area contributed by atoms with E-state index in [0.717, 1.165) is 49.2 Å². The third-order valence-electron chi connectivity index (χ3n) is 9.17. The summed E-state index contributed by atoms with van der Waals surface area (Å²) in [5, 5.41) is 4.20. The molecule has 1 aromatic heterocycles. The number of carbonyl (C=O) groups excluding carboxylic acids is 1. The lowest BCUT2D eigenvalue weighted by atomic mass is 9.79. The van der Waals surface area contributed by atoms with Crippen LogP contribution in [0.2, 0.25) is 0 Å². The summed E-state index contributed by atoms with van der Waals surface area (Å²) < 4.78 is 52.7. The molecule has 2 aliphatic heterocycles. The van der Waals surface area contributed by atoms with Gasteiger partial charge in [0, 0.05) is 61.1 Å². The van der Waals surface area contributed by atoms with E-state index in [-0.39, 0.29) is 45.2 Å². The van der Waals surface area contributed by atoms with E-state index >= 15 is 0 Å². The number of hydrogen-bond donors (Lipinski definition) is 1. The van der Waals surface area contributed by atoms with Crippen molar-refractivity contribution in [2.75, 3.05) is 57.1 Å². The van der Waals surface area contributed by atoms with Gasteiger partial charge in [-0.15, -0.1) is 0 Å². The maximum absolute atomic E-state index is 13.9. The first-order valence-corrected chi connectivity index (χ1v) is 15.7. The number of nitrogens with zero attached hydrogens (tertiary/aromatic N) is 3. The van der Waals surface area contributed by atoms with Crippen molar-refractivity contribution in [3.05, 3.63) is 47.0 Å². The molecule has 0 radical (unpaired) electrons. The van der Waals surface area contributed by atoms with Crippen molar-refractivity contribution in [2.45, 2.75) is 48.5 Å². The first-order chi connectivity index (χ1) is 20.3. The second-order valence-electron chi connectivity index (χ2n) is 11.6. The Bertz CT molecular complexity index is 1650. The zero-order valence-electron chi connectivity index (χ0n) is 23.9. The van der Waals surface area contributed by atoms with Gasteiger partial charge in [-0.05, 0) is 61.9 Å². The molecule has 3 aromatic rings. The molecule has 42 heavy (non-hydrogen) atoms. The first kappa shape index (κ1) is 27.1. The lowest BCUT2D eigenvalue weighted by Gasteiger charge is -2.34. The molecule has 11 nitrogen and oxygen atoms in total. The zero-order chi connectivity index (χ0) is 29.2. The van der Waals surface area contributed by atoms with E-state index in [0.29, 0.717) is 25.3 Å². The van der Waals surface area contributed by atoms with E-state index in [2.05, 4.69) is 33.0 Å². The van der Waals surface area contributed by atoms with Gasteiger partial charge in [0.05, 0.1) is 20.3 Å². The molecule has 2 saturated heterocycles. The summed E-state index contributed by atoms with van der Waals surface area (Å²) >= 11 is 0. The van der Waals surface area contributed by atoms with Crippen LogP contribution in [-0.2, 0) is 26.6 Å². The fourth-order valence-electron chi connectivity index (χ4n) is 6.48. The van der Waals surface area contributed by atoms with Gasteiger partial charge < -0.3 is 28.5 Å². The second kappa shape index (κ2) is 9.91. The van der Waals surface area contributed by atoms with Crippen LogP contribution in [0.1, 0.15) is 47.2 Å². The molecule has 2 aliphatic carbocycles. The summed E-state index contributed by atoms with van der Waals surface area (Å²) in [5.74, 6) is 0.492. The van der Waals surface area contributed by atoms with E-state index in [1.807, 2.05) is 0 Å². The van der Waals surface area contributed by atoms with Gasteiger partial charge in [-0.2, -0.15) is 0 Å². The van der Waals surface area contributed by atoms with E-state index < -0.39 is 10.0 Å². The number of likely N-dealkylation sites (tertiary alicyclic amines) is 1. The van der Waals surface area contributed by atoms with E-state index in [1.54, 1.807) is 12.0 Å². The Hall–Kier alpha value is -3.77. The SMILES string of the molecule is COc1cc(C(=O)N2CC[C@@H](OC)C2)cc(OC)c1S(=O)(=O)Nc1noc2c1CC1(CC1)c1ccc(N3CCC3)cc1-2. The number of sulfonamides is 1. The molecule has 1 amide bonds. The average Bonchev–Trinajstić information content (AvgIpc) is 3.37. The molecule has 1 saturated carbocycles. The third-order valence-corrected chi connectivity index (χ3v) is 10.6. The Morgan fingerprint density at radius 1 is 1.07 bits per heavy atom. The van der Waals surface area contributed by atoms with Gasteiger partial charge in [0.15, 0.2) is 16.5 Å². The highest BCUT2D eigenvalue weighted by atomic mass is 32.2. The highest BCUT2D eigenvalue weighted by Gasteiger charge is 2.51. The fraction of sp³-hybridized carbons (Fsp3) is 0.467. The standard InChI is InChI=1S/C30H34N4O7S/c1-38-20-7-12-34(17-20)29(35)18-13-24(39-2)27(25(14-18)40-3)42(36,37)32-28-22-16-30(8-9-30)23-6-5-19(33-10-4-11-33)15-21(23)26(22)41-31-28/h5-6,13-15,20H,4,7-12,16-17H2,1-3H3,(H,31,32)/t20-/m1/s1.